The number of thiol groups is 1. The van der Waals surface area contributed by atoms with E-state index in [1.165, 1.54) is 12.1 Å². The molecule has 16 heavy (non-hydrogen) atoms. The molecule has 0 aromatic heterocycles. The number of nitro benzene ring substituents is 1. The Morgan fingerprint density at radius 2 is 2.19 bits per heavy atom. The smallest absolute Gasteiger partial charge is 0.288 e. The molecule has 0 aliphatic heterocycles. The van der Waals surface area contributed by atoms with Gasteiger partial charge in [0.1, 0.15) is 10.8 Å². The fourth-order valence-corrected chi connectivity index (χ4v) is 1.59. The van der Waals surface area contributed by atoms with Gasteiger partial charge in [-0.1, -0.05) is 11.6 Å². The van der Waals surface area contributed by atoms with Gasteiger partial charge in [0.15, 0.2) is 0 Å². The molecule has 1 rings (SSSR count). The van der Waals surface area contributed by atoms with Crippen LogP contribution >= 0.6 is 24.2 Å². The lowest BCUT2D eigenvalue weighted by Gasteiger charge is -2.05. The van der Waals surface area contributed by atoms with Crippen LogP contribution in [0.25, 0.3) is 0 Å². The van der Waals surface area contributed by atoms with E-state index in [0.29, 0.717) is 12.4 Å². The van der Waals surface area contributed by atoms with E-state index < -0.39 is 4.92 Å². The third-order valence-electron chi connectivity index (χ3n) is 1.94. The van der Waals surface area contributed by atoms with Gasteiger partial charge in [-0.05, 0) is 24.7 Å². The summed E-state index contributed by atoms with van der Waals surface area (Å²) in [6.45, 7) is 0.564. The summed E-state index contributed by atoms with van der Waals surface area (Å²) in [5.41, 5.74) is -0.107. The van der Waals surface area contributed by atoms with E-state index in [-0.39, 0.29) is 10.7 Å². The number of unbranched alkanes of at least 4 members (excludes halogenated alkanes) is 1. The van der Waals surface area contributed by atoms with Gasteiger partial charge in [-0.3, -0.25) is 10.1 Å². The van der Waals surface area contributed by atoms with Gasteiger partial charge < -0.3 is 4.74 Å². The van der Waals surface area contributed by atoms with Crippen molar-refractivity contribution in [1.29, 1.82) is 0 Å². The van der Waals surface area contributed by atoms with E-state index in [9.17, 15) is 10.1 Å². The number of benzene rings is 1. The van der Waals surface area contributed by atoms with Gasteiger partial charge in [0, 0.05) is 12.1 Å². The Labute approximate surface area is 104 Å². The number of hydrogen-bond acceptors (Lipinski definition) is 4. The Hall–Kier alpha value is -0.940. The van der Waals surface area contributed by atoms with Crippen LogP contribution in [-0.4, -0.2) is 17.3 Å². The zero-order valence-electron chi connectivity index (χ0n) is 8.56. The van der Waals surface area contributed by atoms with Gasteiger partial charge in [0.25, 0.3) is 5.69 Å². The maximum Gasteiger partial charge on any atom is 0.288 e. The monoisotopic (exact) mass is 261 g/mol. The van der Waals surface area contributed by atoms with Crippen LogP contribution in [-0.2, 0) is 0 Å². The van der Waals surface area contributed by atoms with Crippen LogP contribution in [0.2, 0.25) is 5.02 Å². The molecule has 0 fully saturated rings. The molecule has 0 heterocycles. The highest BCUT2D eigenvalue weighted by Gasteiger charge is 2.12. The second-order valence-electron chi connectivity index (χ2n) is 3.15. The molecule has 88 valence electrons. The van der Waals surface area contributed by atoms with Gasteiger partial charge >= 0.3 is 0 Å². The Morgan fingerprint density at radius 3 is 2.75 bits per heavy atom. The number of rotatable bonds is 6. The highest BCUT2D eigenvalue weighted by atomic mass is 35.5. The number of hydrogen-bond donors (Lipinski definition) is 1. The summed E-state index contributed by atoms with van der Waals surface area (Å²) in [5.74, 6) is 1.37. The molecular formula is C10H12ClNO3S. The fourth-order valence-electron chi connectivity index (χ4n) is 1.13. The average Bonchev–Trinajstić information content (AvgIpc) is 2.24. The van der Waals surface area contributed by atoms with Crippen molar-refractivity contribution in [3.05, 3.63) is 33.3 Å². The molecule has 1 aromatic carbocycles. The van der Waals surface area contributed by atoms with Crippen molar-refractivity contribution in [2.45, 2.75) is 12.8 Å². The quantitative estimate of drug-likeness (QED) is 0.370. The Kier molecular flexibility index (Phi) is 5.42. The maximum atomic E-state index is 10.5. The van der Waals surface area contributed by atoms with Crippen molar-refractivity contribution in [3.8, 4) is 5.75 Å². The van der Waals surface area contributed by atoms with E-state index in [1.807, 2.05) is 0 Å². The van der Waals surface area contributed by atoms with Gasteiger partial charge in [-0.25, -0.2) is 0 Å². The molecule has 0 saturated carbocycles. The van der Waals surface area contributed by atoms with Crippen molar-refractivity contribution >= 4 is 29.9 Å². The zero-order chi connectivity index (χ0) is 12.0. The van der Waals surface area contributed by atoms with Gasteiger partial charge in [0.2, 0.25) is 0 Å². The number of nitrogens with zero attached hydrogens (tertiary/aromatic N) is 1. The third-order valence-corrected chi connectivity index (χ3v) is 2.56. The summed E-state index contributed by atoms with van der Waals surface area (Å²) in [5, 5.41) is 10.6. The van der Waals surface area contributed by atoms with Crippen LogP contribution in [0.1, 0.15) is 12.8 Å². The molecule has 0 bridgehead atoms. The predicted octanol–water partition coefficient (Wildman–Crippen LogP) is 3.34. The number of ether oxygens (including phenoxy) is 1. The average molecular weight is 262 g/mol. The van der Waals surface area contributed by atoms with Crippen LogP contribution < -0.4 is 4.74 Å². The Balaban J connectivity index is 2.56. The van der Waals surface area contributed by atoms with Crippen molar-refractivity contribution in [2.24, 2.45) is 0 Å². The third kappa shape index (κ3) is 3.90. The van der Waals surface area contributed by atoms with Crippen LogP contribution in [0, 0.1) is 10.1 Å². The number of halogens is 1. The summed E-state index contributed by atoms with van der Waals surface area (Å²) in [4.78, 5) is 9.98. The Morgan fingerprint density at radius 1 is 1.44 bits per heavy atom. The zero-order valence-corrected chi connectivity index (χ0v) is 10.2. The summed E-state index contributed by atoms with van der Waals surface area (Å²) >= 11 is 9.81. The summed E-state index contributed by atoms with van der Waals surface area (Å²) < 4.78 is 5.38. The largest absolute Gasteiger partial charge is 0.494 e. The summed E-state index contributed by atoms with van der Waals surface area (Å²) in [6.07, 6.45) is 1.88. The normalized spacial score (nSPS) is 10.1. The second-order valence-corrected chi connectivity index (χ2v) is 4.00. The maximum absolute atomic E-state index is 10.5. The molecule has 0 aliphatic carbocycles. The molecule has 0 spiro atoms. The minimum absolute atomic E-state index is 0.0942. The van der Waals surface area contributed by atoms with E-state index in [2.05, 4.69) is 12.6 Å². The van der Waals surface area contributed by atoms with Crippen molar-refractivity contribution in [1.82, 2.24) is 0 Å². The van der Waals surface area contributed by atoms with Gasteiger partial charge in [-0.2, -0.15) is 12.6 Å². The molecule has 0 aliphatic rings. The molecule has 0 radical (unpaired) electrons. The molecular weight excluding hydrogens is 250 g/mol. The molecule has 0 unspecified atom stereocenters. The summed E-state index contributed by atoms with van der Waals surface area (Å²) in [7, 11) is 0. The van der Waals surface area contributed by atoms with Crippen LogP contribution in [0.3, 0.4) is 0 Å². The SMILES string of the molecule is O=[N+]([O-])c1ccc(OCCCCS)cc1Cl. The van der Waals surface area contributed by atoms with E-state index >= 15 is 0 Å². The molecule has 1 aromatic rings. The van der Waals surface area contributed by atoms with Crippen molar-refractivity contribution in [2.75, 3.05) is 12.4 Å². The van der Waals surface area contributed by atoms with E-state index in [1.54, 1.807) is 6.07 Å². The van der Waals surface area contributed by atoms with Crippen LogP contribution in [0.4, 0.5) is 5.69 Å². The van der Waals surface area contributed by atoms with Crippen molar-refractivity contribution < 1.29 is 9.66 Å². The van der Waals surface area contributed by atoms with E-state index in [4.69, 9.17) is 16.3 Å². The lowest BCUT2D eigenvalue weighted by Crippen LogP contribution is -1.98. The topological polar surface area (TPSA) is 52.4 Å². The Bertz CT molecular complexity index is 373. The first kappa shape index (κ1) is 13.1. The molecule has 6 heteroatoms. The predicted molar refractivity (Wildman–Crippen MR) is 66.7 cm³/mol. The first-order chi connectivity index (χ1) is 7.65. The fraction of sp³-hybridized carbons (Fsp3) is 0.400. The molecule has 0 N–H and O–H groups in total. The van der Waals surface area contributed by atoms with E-state index in [0.717, 1.165) is 18.6 Å². The lowest BCUT2D eigenvalue weighted by atomic mass is 10.3. The standard InChI is InChI=1S/C10H12ClNO3S/c11-9-7-8(15-5-1-2-6-16)3-4-10(9)12(13)14/h3-4,7,16H,1-2,5-6H2. The summed E-state index contributed by atoms with van der Waals surface area (Å²) in [6, 6.07) is 4.35. The van der Waals surface area contributed by atoms with Crippen molar-refractivity contribution in [3.63, 3.8) is 0 Å². The van der Waals surface area contributed by atoms with Gasteiger partial charge in [0.05, 0.1) is 11.5 Å². The molecule has 4 nitrogen and oxygen atoms in total. The highest BCUT2D eigenvalue weighted by molar-refractivity contribution is 7.80. The van der Waals surface area contributed by atoms with Crippen LogP contribution in [0.5, 0.6) is 5.75 Å². The first-order valence-electron chi connectivity index (χ1n) is 4.82. The number of nitro groups is 1. The molecule has 0 atom stereocenters. The van der Waals surface area contributed by atoms with Gasteiger partial charge in [-0.15, -0.1) is 0 Å². The van der Waals surface area contributed by atoms with Crippen LogP contribution in [0.15, 0.2) is 18.2 Å². The molecule has 0 amide bonds. The second kappa shape index (κ2) is 6.60. The lowest BCUT2D eigenvalue weighted by molar-refractivity contribution is -0.384. The highest BCUT2D eigenvalue weighted by Crippen LogP contribution is 2.28. The minimum Gasteiger partial charge on any atom is -0.494 e. The molecule has 0 saturated heterocycles. The first-order valence-corrected chi connectivity index (χ1v) is 5.84. The minimum atomic E-state index is -0.521.